The summed E-state index contributed by atoms with van der Waals surface area (Å²) in [6.07, 6.45) is 1.25. The highest BCUT2D eigenvalue weighted by molar-refractivity contribution is 5.75. The molecule has 4 nitrogen and oxygen atoms in total. The Labute approximate surface area is 124 Å². The van der Waals surface area contributed by atoms with Crippen LogP contribution in [-0.4, -0.2) is 67.0 Å². The third kappa shape index (κ3) is 2.95. The zero-order valence-electron chi connectivity index (χ0n) is 13.9. The number of piperazine rings is 1. The Morgan fingerprint density at radius 2 is 1.45 bits per heavy atom. The molecule has 0 radical (unpaired) electrons. The van der Waals surface area contributed by atoms with Gasteiger partial charge in [0.05, 0.1) is 0 Å². The monoisotopic (exact) mass is 281 g/mol. The maximum atomic E-state index is 12.3. The van der Waals surface area contributed by atoms with Crippen molar-refractivity contribution in [3.8, 4) is 0 Å². The van der Waals surface area contributed by atoms with E-state index in [0.29, 0.717) is 5.41 Å². The Kier molecular flexibility index (Phi) is 4.62. The molecular weight excluding hydrogens is 250 g/mol. The van der Waals surface area contributed by atoms with E-state index in [-0.39, 0.29) is 6.03 Å². The van der Waals surface area contributed by atoms with Gasteiger partial charge < -0.3 is 14.7 Å². The minimum atomic E-state index is 0.279. The number of rotatable bonds is 0. The Hall–Kier alpha value is -0.770. The third-order valence-electron chi connectivity index (χ3n) is 5.17. The van der Waals surface area contributed by atoms with Crippen LogP contribution in [0.5, 0.6) is 0 Å². The molecule has 1 saturated carbocycles. The number of urea groups is 1. The number of carbonyl (C=O) groups is 1. The van der Waals surface area contributed by atoms with Gasteiger partial charge in [0, 0.05) is 39.3 Å². The lowest BCUT2D eigenvalue weighted by atomic mass is 10.1. The van der Waals surface area contributed by atoms with E-state index in [2.05, 4.69) is 44.5 Å². The van der Waals surface area contributed by atoms with Crippen LogP contribution in [0.1, 0.15) is 34.1 Å². The van der Waals surface area contributed by atoms with Crippen LogP contribution >= 0.6 is 0 Å². The Bertz CT molecular complexity index is 334. The van der Waals surface area contributed by atoms with E-state index in [0.717, 1.165) is 51.1 Å². The normalized spacial score (nSPS) is 31.4. The molecule has 2 heterocycles. The van der Waals surface area contributed by atoms with Crippen molar-refractivity contribution >= 4 is 6.03 Å². The lowest BCUT2D eigenvalue weighted by Gasteiger charge is -2.35. The van der Waals surface area contributed by atoms with Crippen LogP contribution < -0.4 is 0 Å². The molecule has 0 aromatic rings. The van der Waals surface area contributed by atoms with E-state index in [1.165, 1.54) is 6.42 Å². The number of hydrogen-bond acceptors (Lipinski definition) is 2. The Balaban J connectivity index is 0.000000452. The second kappa shape index (κ2) is 5.92. The average molecular weight is 281 g/mol. The topological polar surface area (TPSA) is 26.8 Å². The van der Waals surface area contributed by atoms with Crippen LogP contribution in [0.25, 0.3) is 0 Å². The van der Waals surface area contributed by atoms with Crippen LogP contribution in [0.2, 0.25) is 0 Å². The van der Waals surface area contributed by atoms with Gasteiger partial charge in [0.15, 0.2) is 0 Å². The highest BCUT2D eigenvalue weighted by Crippen LogP contribution is 2.61. The van der Waals surface area contributed by atoms with E-state index in [1.54, 1.807) is 0 Å². The number of carbonyl (C=O) groups excluding carboxylic acids is 1. The van der Waals surface area contributed by atoms with Gasteiger partial charge in [-0.25, -0.2) is 4.79 Å². The van der Waals surface area contributed by atoms with Crippen LogP contribution in [-0.2, 0) is 0 Å². The van der Waals surface area contributed by atoms with Gasteiger partial charge in [-0.1, -0.05) is 34.1 Å². The van der Waals surface area contributed by atoms with Crippen molar-refractivity contribution in [1.82, 2.24) is 14.7 Å². The minimum absolute atomic E-state index is 0.279. The summed E-state index contributed by atoms with van der Waals surface area (Å²) in [5.41, 5.74) is 0.499. The molecule has 2 amide bonds. The van der Waals surface area contributed by atoms with Gasteiger partial charge in [0.2, 0.25) is 0 Å². The first-order valence-corrected chi connectivity index (χ1v) is 8.14. The molecule has 2 saturated heterocycles. The van der Waals surface area contributed by atoms with E-state index < -0.39 is 0 Å². The molecular formula is C16H31N3O. The summed E-state index contributed by atoms with van der Waals surface area (Å²) in [4.78, 5) is 18.7. The van der Waals surface area contributed by atoms with Gasteiger partial charge >= 0.3 is 6.03 Å². The molecule has 2 aliphatic heterocycles. The van der Waals surface area contributed by atoms with Gasteiger partial charge in [0.1, 0.15) is 0 Å². The standard InChI is InChI=1S/C13H23N3O.C3H8/c1-13(2)10-8-16(9-11(10)13)12(17)15-6-4-14(3)5-7-15;1-3-2/h10-11H,4-9H2,1-3H3;3H2,1-2H3. The van der Waals surface area contributed by atoms with Crippen molar-refractivity contribution in [1.29, 1.82) is 0 Å². The van der Waals surface area contributed by atoms with Gasteiger partial charge in [-0.15, -0.1) is 0 Å². The van der Waals surface area contributed by atoms with E-state index in [1.807, 2.05) is 4.90 Å². The number of likely N-dealkylation sites (tertiary alicyclic amines) is 1. The molecule has 2 atom stereocenters. The molecule has 3 fully saturated rings. The van der Waals surface area contributed by atoms with Gasteiger partial charge in [-0.3, -0.25) is 0 Å². The molecule has 3 aliphatic rings. The largest absolute Gasteiger partial charge is 0.324 e. The summed E-state index contributed by atoms with van der Waals surface area (Å²) in [6.45, 7) is 14.7. The van der Waals surface area contributed by atoms with Gasteiger partial charge in [-0.2, -0.15) is 0 Å². The molecule has 0 aromatic heterocycles. The SMILES string of the molecule is CCC.CN1CCN(C(=O)N2CC3C(C2)C3(C)C)CC1. The van der Waals surface area contributed by atoms with Crippen molar-refractivity contribution in [3.05, 3.63) is 0 Å². The second-order valence-corrected chi connectivity index (χ2v) is 7.22. The molecule has 0 aromatic carbocycles. The van der Waals surface area contributed by atoms with E-state index >= 15 is 0 Å². The third-order valence-corrected chi connectivity index (χ3v) is 5.17. The number of likely N-dealkylation sites (N-methyl/N-ethyl adjacent to an activating group) is 1. The van der Waals surface area contributed by atoms with Gasteiger partial charge in [0.25, 0.3) is 0 Å². The second-order valence-electron chi connectivity index (χ2n) is 7.22. The highest BCUT2D eigenvalue weighted by atomic mass is 16.2. The smallest absolute Gasteiger partial charge is 0.320 e. The fourth-order valence-corrected chi connectivity index (χ4v) is 3.49. The van der Waals surface area contributed by atoms with Crippen molar-refractivity contribution in [3.63, 3.8) is 0 Å². The highest BCUT2D eigenvalue weighted by Gasteiger charge is 2.62. The minimum Gasteiger partial charge on any atom is -0.324 e. The predicted molar refractivity (Wildman–Crippen MR) is 82.8 cm³/mol. The molecule has 1 aliphatic carbocycles. The van der Waals surface area contributed by atoms with Gasteiger partial charge in [-0.05, 0) is 24.3 Å². The maximum Gasteiger partial charge on any atom is 0.320 e. The molecule has 2 unspecified atom stereocenters. The molecule has 20 heavy (non-hydrogen) atoms. The van der Waals surface area contributed by atoms with Crippen LogP contribution in [0, 0.1) is 17.3 Å². The van der Waals surface area contributed by atoms with Crippen molar-refractivity contribution in [2.24, 2.45) is 17.3 Å². The molecule has 3 rings (SSSR count). The number of nitrogens with zero attached hydrogens (tertiary/aromatic N) is 3. The van der Waals surface area contributed by atoms with Crippen molar-refractivity contribution < 1.29 is 4.79 Å². The summed E-state index contributed by atoms with van der Waals surface area (Å²) in [7, 11) is 2.12. The summed E-state index contributed by atoms with van der Waals surface area (Å²) < 4.78 is 0. The van der Waals surface area contributed by atoms with Crippen LogP contribution in [0.4, 0.5) is 4.79 Å². The maximum absolute atomic E-state index is 12.3. The van der Waals surface area contributed by atoms with Crippen molar-refractivity contribution in [2.75, 3.05) is 46.3 Å². The summed E-state index contributed by atoms with van der Waals surface area (Å²) in [6, 6.07) is 0.279. The first-order chi connectivity index (χ1) is 9.41. The Morgan fingerprint density at radius 1 is 1.00 bits per heavy atom. The number of fused-ring (bicyclic) bond motifs is 1. The summed E-state index contributed by atoms with van der Waals surface area (Å²) in [5.74, 6) is 1.53. The molecule has 0 bridgehead atoms. The fraction of sp³-hybridized carbons (Fsp3) is 0.938. The zero-order chi connectivity index (χ0) is 14.9. The molecule has 0 N–H and O–H groups in total. The molecule has 4 heteroatoms. The van der Waals surface area contributed by atoms with Crippen LogP contribution in [0.3, 0.4) is 0 Å². The van der Waals surface area contributed by atoms with E-state index in [9.17, 15) is 4.79 Å². The molecule has 116 valence electrons. The predicted octanol–water partition coefficient (Wildman–Crippen LogP) is 2.36. The summed E-state index contributed by atoms with van der Waals surface area (Å²) in [5, 5.41) is 0. The van der Waals surface area contributed by atoms with Crippen LogP contribution in [0.15, 0.2) is 0 Å². The lowest BCUT2D eigenvalue weighted by Crippen LogP contribution is -2.52. The number of piperidine rings is 1. The first-order valence-electron chi connectivity index (χ1n) is 8.14. The zero-order valence-corrected chi connectivity index (χ0v) is 13.9. The summed E-state index contributed by atoms with van der Waals surface area (Å²) >= 11 is 0. The van der Waals surface area contributed by atoms with E-state index in [4.69, 9.17) is 0 Å². The first kappa shape index (κ1) is 15.6. The number of amides is 2. The fourth-order valence-electron chi connectivity index (χ4n) is 3.49. The average Bonchev–Trinajstić information content (AvgIpc) is 2.81. The lowest BCUT2D eigenvalue weighted by molar-refractivity contribution is 0.122. The van der Waals surface area contributed by atoms with Crippen molar-refractivity contribution in [2.45, 2.75) is 34.1 Å². The number of hydrogen-bond donors (Lipinski definition) is 0. The molecule has 0 spiro atoms. The Morgan fingerprint density at radius 3 is 1.90 bits per heavy atom. The quantitative estimate of drug-likeness (QED) is 0.681.